The van der Waals surface area contributed by atoms with Crippen LogP contribution < -0.4 is 0 Å². The zero-order valence-corrected chi connectivity index (χ0v) is 36.5. The quantitative estimate of drug-likeness (QED) is 0.0198. The molecule has 4 N–H and O–H groups in total. The van der Waals surface area contributed by atoms with Gasteiger partial charge in [-0.2, -0.15) is 0 Å². The Kier molecular flexibility index (Phi) is 36.6. The van der Waals surface area contributed by atoms with E-state index in [1.54, 1.807) is 0 Å². The summed E-state index contributed by atoms with van der Waals surface area (Å²) in [5.74, 6) is -1.07. The van der Waals surface area contributed by atoms with Gasteiger partial charge in [-0.3, -0.25) is 23.2 Å². The number of aliphatic hydroxyl groups excluding tert-OH is 1. The molecule has 0 rings (SSSR count). The highest BCUT2D eigenvalue weighted by Gasteiger charge is 2.28. The van der Waals surface area contributed by atoms with E-state index in [9.17, 15) is 28.7 Å². The highest BCUT2D eigenvalue weighted by Crippen LogP contribution is 2.43. The lowest BCUT2D eigenvalue weighted by Crippen LogP contribution is -2.30. The number of phosphoric ester groups is 2. The summed E-state index contributed by atoms with van der Waals surface area (Å²) in [6, 6.07) is 0. The Morgan fingerprint density at radius 3 is 1.49 bits per heavy atom. The van der Waals surface area contributed by atoms with E-state index >= 15 is 0 Å². The third kappa shape index (κ3) is 41.8. The summed E-state index contributed by atoms with van der Waals surface area (Å²) in [6.07, 6.45) is 39.3. The predicted octanol–water partition coefficient (Wildman–Crippen LogP) is 10.4. The number of carbonyl (C=O) groups is 2. The van der Waals surface area contributed by atoms with Crippen molar-refractivity contribution < 1.29 is 61.6 Å². The molecule has 0 heterocycles. The van der Waals surface area contributed by atoms with Crippen molar-refractivity contribution in [1.82, 2.24) is 0 Å². The van der Waals surface area contributed by atoms with Crippen LogP contribution in [-0.2, 0) is 41.8 Å². The first kappa shape index (κ1) is 54.8. The molecule has 57 heavy (non-hydrogen) atoms. The van der Waals surface area contributed by atoms with Crippen molar-refractivity contribution in [2.75, 3.05) is 26.4 Å². The minimum absolute atomic E-state index is 0.106. The van der Waals surface area contributed by atoms with Crippen LogP contribution in [0.15, 0.2) is 60.8 Å². The molecule has 0 aliphatic heterocycles. The van der Waals surface area contributed by atoms with Crippen LogP contribution in [0.25, 0.3) is 0 Å². The summed E-state index contributed by atoms with van der Waals surface area (Å²) >= 11 is 0. The van der Waals surface area contributed by atoms with Crippen LogP contribution >= 0.6 is 15.6 Å². The van der Waals surface area contributed by atoms with Crippen LogP contribution in [-0.4, -0.2) is 70.4 Å². The summed E-state index contributed by atoms with van der Waals surface area (Å²) in [5, 5.41) is 9.73. The molecule has 0 aromatic heterocycles. The third-order valence-electron chi connectivity index (χ3n) is 8.38. The van der Waals surface area contributed by atoms with Crippen molar-refractivity contribution in [2.45, 2.75) is 167 Å². The lowest BCUT2D eigenvalue weighted by molar-refractivity contribution is -0.161. The fourth-order valence-electron chi connectivity index (χ4n) is 5.21. The summed E-state index contributed by atoms with van der Waals surface area (Å²) in [7, 11) is -9.68. The lowest BCUT2D eigenvalue weighted by atomic mass is 10.1. The van der Waals surface area contributed by atoms with E-state index in [1.165, 1.54) is 19.3 Å². The number of unbranched alkanes of at least 4 members (excludes halogenated alkanes) is 13. The second-order valence-electron chi connectivity index (χ2n) is 13.9. The maximum atomic E-state index is 12.6. The Balaban J connectivity index is 4.60. The number of ether oxygens (including phenoxy) is 2. The highest BCUT2D eigenvalue weighted by atomic mass is 31.2. The Hall–Kier alpha value is -2.18. The van der Waals surface area contributed by atoms with Gasteiger partial charge in [0.1, 0.15) is 12.7 Å². The normalized spacial score (nSPS) is 14.7. The van der Waals surface area contributed by atoms with E-state index in [2.05, 4.69) is 83.7 Å². The van der Waals surface area contributed by atoms with Crippen LogP contribution in [0.3, 0.4) is 0 Å². The third-order valence-corrected chi connectivity index (χ3v) is 9.82. The molecule has 0 fully saturated rings. The van der Waals surface area contributed by atoms with E-state index in [-0.39, 0.29) is 12.8 Å². The van der Waals surface area contributed by atoms with Crippen LogP contribution in [0.5, 0.6) is 0 Å². The van der Waals surface area contributed by atoms with Crippen molar-refractivity contribution in [2.24, 2.45) is 0 Å². The zero-order chi connectivity index (χ0) is 42.3. The maximum absolute atomic E-state index is 12.6. The summed E-state index contributed by atoms with van der Waals surface area (Å²) in [4.78, 5) is 52.6. The van der Waals surface area contributed by atoms with Gasteiger partial charge < -0.3 is 29.3 Å². The average molecular weight is 849 g/mol. The van der Waals surface area contributed by atoms with Gasteiger partial charge in [0, 0.05) is 12.8 Å². The molecule has 13 nitrogen and oxygen atoms in total. The fourth-order valence-corrected chi connectivity index (χ4v) is 6.37. The van der Waals surface area contributed by atoms with Crippen molar-refractivity contribution >= 4 is 27.6 Å². The molecule has 0 aliphatic carbocycles. The number of aliphatic hydroxyl groups is 1. The SMILES string of the molecule is CC/C=C\C/C=C\C/C=C\CCCCCCCC(=O)O[C@H](COC(=O)CCCCCCC/C=C\C/C=C\CCCCC)COP(=O)(O)OC[C@@H](O)COP(=O)(O)O. The monoisotopic (exact) mass is 848 g/mol. The number of hydrogen-bond acceptors (Lipinski definition) is 10. The molecule has 0 amide bonds. The molecule has 1 unspecified atom stereocenters. The minimum Gasteiger partial charge on any atom is -0.462 e. The number of phosphoric acid groups is 2. The van der Waals surface area contributed by atoms with Crippen molar-refractivity contribution in [3.8, 4) is 0 Å². The van der Waals surface area contributed by atoms with E-state index < -0.39 is 66.2 Å². The first-order valence-electron chi connectivity index (χ1n) is 21.0. The van der Waals surface area contributed by atoms with Gasteiger partial charge >= 0.3 is 27.6 Å². The molecule has 330 valence electrons. The summed E-state index contributed by atoms with van der Waals surface area (Å²) in [5.41, 5.74) is 0. The first-order valence-corrected chi connectivity index (χ1v) is 24.0. The largest absolute Gasteiger partial charge is 0.472 e. The molecule has 3 atom stereocenters. The highest BCUT2D eigenvalue weighted by molar-refractivity contribution is 7.47. The minimum atomic E-state index is -4.87. The van der Waals surface area contributed by atoms with Gasteiger partial charge in [0.2, 0.25) is 0 Å². The standard InChI is InChI=1S/C42H74O13P2/c1-3-5-7-9-11-13-15-17-19-21-23-25-27-29-31-33-41(44)51-37-40(38-54-57(49,50)53-36-39(43)35-52-56(46,47)48)55-42(45)34-32-30-28-26-24-22-20-18-16-14-12-10-8-6-4-2/h6,8,11-14,17-20,39-40,43H,3-5,7,9-10,15-16,21-38H2,1-2H3,(H,49,50)(H2,46,47,48)/b8-6-,13-11-,14-12-,19-17-,20-18-/t39-,40+/m0/s1. The Morgan fingerprint density at radius 2 is 0.965 bits per heavy atom. The number of rotatable bonds is 39. The van der Waals surface area contributed by atoms with Crippen molar-refractivity contribution in [1.29, 1.82) is 0 Å². The fraction of sp³-hybridized carbons (Fsp3) is 0.714. The molecule has 0 aromatic carbocycles. The van der Waals surface area contributed by atoms with Crippen molar-refractivity contribution in [3.63, 3.8) is 0 Å². The van der Waals surface area contributed by atoms with E-state index in [0.29, 0.717) is 12.8 Å². The second kappa shape index (κ2) is 38.0. The molecule has 0 bridgehead atoms. The van der Waals surface area contributed by atoms with Gasteiger partial charge in [-0.1, -0.05) is 126 Å². The van der Waals surface area contributed by atoms with Crippen molar-refractivity contribution in [3.05, 3.63) is 60.8 Å². The van der Waals surface area contributed by atoms with E-state index in [1.807, 2.05) is 0 Å². The molecule has 0 aliphatic rings. The summed E-state index contributed by atoms with van der Waals surface area (Å²) < 4.78 is 47.7. The average Bonchev–Trinajstić information content (AvgIpc) is 3.17. The zero-order valence-electron chi connectivity index (χ0n) is 34.7. The van der Waals surface area contributed by atoms with Gasteiger partial charge in [-0.15, -0.1) is 0 Å². The molecule has 0 aromatic rings. The molecule has 0 spiro atoms. The Morgan fingerprint density at radius 1 is 0.526 bits per heavy atom. The molecular weight excluding hydrogens is 774 g/mol. The van der Waals surface area contributed by atoms with Gasteiger partial charge in [-0.25, -0.2) is 9.13 Å². The lowest BCUT2D eigenvalue weighted by Gasteiger charge is -2.20. The molecule has 0 saturated heterocycles. The number of esters is 2. The van der Waals surface area contributed by atoms with Crippen LogP contribution in [0.4, 0.5) is 0 Å². The van der Waals surface area contributed by atoms with Crippen LogP contribution in [0, 0.1) is 0 Å². The van der Waals surface area contributed by atoms with Gasteiger partial charge in [0.15, 0.2) is 6.10 Å². The predicted molar refractivity (Wildman–Crippen MR) is 225 cm³/mol. The number of allylic oxidation sites excluding steroid dienone is 10. The molecule has 15 heteroatoms. The Labute approximate surface area is 342 Å². The molecule has 0 radical (unpaired) electrons. The molecular formula is C42H74O13P2. The van der Waals surface area contributed by atoms with Crippen LogP contribution in [0.2, 0.25) is 0 Å². The van der Waals surface area contributed by atoms with E-state index in [0.717, 1.165) is 96.3 Å². The topological polar surface area (TPSA) is 195 Å². The molecule has 0 saturated carbocycles. The smallest absolute Gasteiger partial charge is 0.462 e. The summed E-state index contributed by atoms with van der Waals surface area (Å²) in [6.45, 7) is 1.57. The van der Waals surface area contributed by atoms with Crippen LogP contribution in [0.1, 0.15) is 155 Å². The number of carbonyl (C=O) groups excluding carboxylic acids is 2. The van der Waals surface area contributed by atoms with Gasteiger partial charge in [-0.05, 0) is 77.0 Å². The second-order valence-corrected chi connectivity index (χ2v) is 16.6. The van der Waals surface area contributed by atoms with Gasteiger partial charge in [0.25, 0.3) is 0 Å². The Bertz CT molecular complexity index is 1240. The first-order chi connectivity index (χ1) is 27.4. The van der Waals surface area contributed by atoms with Gasteiger partial charge in [0.05, 0.1) is 19.8 Å². The number of hydrogen-bond donors (Lipinski definition) is 4. The van der Waals surface area contributed by atoms with E-state index in [4.69, 9.17) is 23.8 Å². The maximum Gasteiger partial charge on any atom is 0.472 e.